The van der Waals surface area contributed by atoms with E-state index in [9.17, 15) is 8.78 Å². The van der Waals surface area contributed by atoms with Crippen LogP contribution in [0.5, 0.6) is 5.75 Å². The maximum absolute atomic E-state index is 12.2. The molecule has 0 aliphatic heterocycles. The zero-order valence-corrected chi connectivity index (χ0v) is 12.7. The second-order valence-electron chi connectivity index (χ2n) is 4.55. The summed E-state index contributed by atoms with van der Waals surface area (Å²) in [4.78, 5) is 1.21. The van der Waals surface area contributed by atoms with Crippen molar-refractivity contribution in [3.05, 3.63) is 54.1 Å². The average molecular weight is 309 g/mol. The Morgan fingerprint density at radius 1 is 1.10 bits per heavy atom. The summed E-state index contributed by atoms with van der Waals surface area (Å²) in [5, 5.41) is 3.28. The van der Waals surface area contributed by atoms with Gasteiger partial charge in [0, 0.05) is 22.7 Å². The topological polar surface area (TPSA) is 21.3 Å². The largest absolute Gasteiger partial charge is 0.435 e. The molecule has 0 saturated carbocycles. The molecule has 1 N–H and O–H groups in total. The molecule has 0 amide bonds. The van der Waals surface area contributed by atoms with Crippen molar-refractivity contribution in [2.45, 2.75) is 24.5 Å². The van der Waals surface area contributed by atoms with E-state index < -0.39 is 6.61 Å². The number of hydrogen-bond donors (Lipinski definition) is 1. The van der Waals surface area contributed by atoms with Gasteiger partial charge in [0.05, 0.1) is 0 Å². The minimum Gasteiger partial charge on any atom is -0.435 e. The fourth-order valence-corrected chi connectivity index (χ4v) is 2.40. The van der Waals surface area contributed by atoms with E-state index in [2.05, 4.69) is 34.3 Å². The summed E-state index contributed by atoms with van der Waals surface area (Å²) in [5.74, 6) is 0.153. The van der Waals surface area contributed by atoms with Crippen LogP contribution in [0.3, 0.4) is 0 Å². The van der Waals surface area contributed by atoms with Crippen molar-refractivity contribution in [1.82, 2.24) is 0 Å². The van der Waals surface area contributed by atoms with Gasteiger partial charge in [-0.3, -0.25) is 0 Å². The minimum atomic E-state index is -2.81. The Labute approximate surface area is 127 Å². The Kier molecular flexibility index (Phi) is 5.44. The monoisotopic (exact) mass is 309 g/mol. The molecular weight excluding hydrogens is 292 g/mol. The molecule has 2 rings (SSSR count). The molecular formula is C16H17F2NOS. The van der Waals surface area contributed by atoms with E-state index in [-0.39, 0.29) is 11.8 Å². The Morgan fingerprint density at radius 3 is 2.43 bits per heavy atom. The molecule has 112 valence electrons. The van der Waals surface area contributed by atoms with Crippen molar-refractivity contribution in [2.24, 2.45) is 0 Å². The first-order chi connectivity index (χ1) is 10.1. The van der Waals surface area contributed by atoms with Gasteiger partial charge in [0.1, 0.15) is 5.75 Å². The molecule has 2 aromatic carbocycles. The number of anilines is 1. The van der Waals surface area contributed by atoms with E-state index in [1.54, 1.807) is 23.9 Å². The van der Waals surface area contributed by atoms with Crippen molar-refractivity contribution in [3.8, 4) is 5.75 Å². The van der Waals surface area contributed by atoms with Crippen molar-refractivity contribution in [1.29, 1.82) is 0 Å². The summed E-state index contributed by atoms with van der Waals surface area (Å²) in [6.07, 6.45) is 2.03. The third-order valence-corrected chi connectivity index (χ3v) is 3.80. The standard InChI is InChI=1S/C16H17F2NOS/c1-11(12-6-8-15(21-2)9-7-12)19-13-4-3-5-14(10-13)20-16(17)18/h3-11,16,19H,1-2H3. The van der Waals surface area contributed by atoms with Crippen LogP contribution in [0.15, 0.2) is 53.4 Å². The third kappa shape index (κ3) is 4.63. The summed E-state index contributed by atoms with van der Waals surface area (Å²) in [7, 11) is 0. The summed E-state index contributed by atoms with van der Waals surface area (Å²) in [6.45, 7) is -0.786. The molecule has 0 spiro atoms. The van der Waals surface area contributed by atoms with Crippen LogP contribution < -0.4 is 10.1 Å². The molecule has 0 fully saturated rings. The molecule has 1 unspecified atom stereocenters. The number of nitrogens with one attached hydrogen (secondary N) is 1. The minimum absolute atomic E-state index is 0.0720. The van der Waals surface area contributed by atoms with E-state index in [1.807, 2.05) is 19.2 Å². The molecule has 0 aromatic heterocycles. The van der Waals surface area contributed by atoms with Crippen LogP contribution in [0, 0.1) is 0 Å². The smallest absolute Gasteiger partial charge is 0.387 e. The molecule has 21 heavy (non-hydrogen) atoms. The van der Waals surface area contributed by atoms with Gasteiger partial charge in [0.15, 0.2) is 0 Å². The maximum atomic E-state index is 12.2. The van der Waals surface area contributed by atoms with Crippen molar-refractivity contribution in [2.75, 3.05) is 11.6 Å². The lowest BCUT2D eigenvalue weighted by Gasteiger charge is -2.16. The number of rotatable bonds is 6. The number of hydrogen-bond acceptors (Lipinski definition) is 3. The highest BCUT2D eigenvalue weighted by atomic mass is 32.2. The molecule has 5 heteroatoms. The highest BCUT2D eigenvalue weighted by Crippen LogP contribution is 2.25. The molecule has 0 radical (unpaired) electrons. The van der Waals surface area contributed by atoms with Gasteiger partial charge < -0.3 is 10.1 Å². The Bertz CT molecular complexity index is 575. The van der Waals surface area contributed by atoms with Crippen LogP contribution in [-0.2, 0) is 0 Å². The van der Waals surface area contributed by atoms with E-state index in [0.717, 1.165) is 11.3 Å². The molecule has 2 nitrogen and oxygen atoms in total. The Hall–Kier alpha value is -1.75. The molecule has 0 aliphatic rings. The lowest BCUT2D eigenvalue weighted by Crippen LogP contribution is -2.07. The fraction of sp³-hybridized carbons (Fsp3) is 0.250. The van der Waals surface area contributed by atoms with Crippen LogP contribution in [0.2, 0.25) is 0 Å². The second-order valence-corrected chi connectivity index (χ2v) is 5.43. The zero-order valence-electron chi connectivity index (χ0n) is 11.8. The molecule has 0 aliphatic carbocycles. The van der Waals surface area contributed by atoms with Gasteiger partial charge in [0.2, 0.25) is 0 Å². The number of ether oxygens (including phenoxy) is 1. The number of halogens is 2. The van der Waals surface area contributed by atoms with Crippen molar-refractivity contribution < 1.29 is 13.5 Å². The molecule has 2 aromatic rings. The van der Waals surface area contributed by atoms with Crippen LogP contribution >= 0.6 is 11.8 Å². The quantitative estimate of drug-likeness (QED) is 0.743. The van der Waals surface area contributed by atoms with Gasteiger partial charge in [-0.05, 0) is 43.0 Å². The number of thioether (sulfide) groups is 1. The predicted octanol–water partition coefficient (Wildman–Crippen LogP) is 5.18. The van der Waals surface area contributed by atoms with Gasteiger partial charge >= 0.3 is 6.61 Å². The molecule has 0 saturated heterocycles. The molecule has 0 heterocycles. The summed E-state index contributed by atoms with van der Waals surface area (Å²) in [6, 6.07) is 14.9. The Morgan fingerprint density at radius 2 is 1.81 bits per heavy atom. The second kappa shape index (κ2) is 7.31. The SMILES string of the molecule is CSc1ccc(C(C)Nc2cccc(OC(F)F)c2)cc1. The average Bonchev–Trinajstić information content (AvgIpc) is 2.47. The van der Waals surface area contributed by atoms with E-state index in [0.29, 0.717) is 0 Å². The van der Waals surface area contributed by atoms with Crippen LogP contribution in [0.1, 0.15) is 18.5 Å². The van der Waals surface area contributed by atoms with Gasteiger partial charge in [-0.1, -0.05) is 18.2 Å². The van der Waals surface area contributed by atoms with E-state index in [4.69, 9.17) is 0 Å². The lowest BCUT2D eigenvalue weighted by atomic mass is 10.1. The highest BCUT2D eigenvalue weighted by Gasteiger charge is 2.08. The fourth-order valence-electron chi connectivity index (χ4n) is 1.99. The first kappa shape index (κ1) is 15.6. The summed E-state index contributed by atoms with van der Waals surface area (Å²) in [5.41, 5.74) is 1.88. The summed E-state index contributed by atoms with van der Waals surface area (Å²) >= 11 is 1.69. The first-order valence-electron chi connectivity index (χ1n) is 6.54. The normalized spacial score (nSPS) is 12.2. The van der Waals surface area contributed by atoms with Gasteiger partial charge in [-0.15, -0.1) is 11.8 Å². The molecule has 1 atom stereocenters. The van der Waals surface area contributed by atoms with Gasteiger partial charge in [0.25, 0.3) is 0 Å². The highest BCUT2D eigenvalue weighted by molar-refractivity contribution is 7.98. The van der Waals surface area contributed by atoms with Gasteiger partial charge in [-0.2, -0.15) is 8.78 Å². The van der Waals surface area contributed by atoms with E-state index >= 15 is 0 Å². The van der Waals surface area contributed by atoms with Gasteiger partial charge in [-0.25, -0.2) is 0 Å². The number of benzene rings is 2. The van der Waals surface area contributed by atoms with Crippen molar-refractivity contribution in [3.63, 3.8) is 0 Å². The maximum Gasteiger partial charge on any atom is 0.387 e. The predicted molar refractivity (Wildman–Crippen MR) is 83.3 cm³/mol. The van der Waals surface area contributed by atoms with Crippen LogP contribution in [0.4, 0.5) is 14.5 Å². The van der Waals surface area contributed by atoms with Crippen LogP contribution in [0.25, 0.3) is 0 Å². The van der Waals surface area contributed by atoms with Crippen molar-refractivity contribution >= 4 is 17.4 Å². The van der Waals surface area contributed by atoms with E-state index in [1.165, 1.54) is 11.0 Å². The third-order valence-electron chi connectivity index (χ3n) is 3.06. The summed E-state index contributed by atoms with van der Waals surface area (Å²) < 4.78 is 28.8. The number of alkyl halides is 2. The lowest BCUT2D eigenvalue weighted by molar-refractivity contribution is -0.0498. The first-order valence-corrected chi connectivity index (χ1v) is 7.76. The molecule has 0 bridgehead atoms. The zero-order chi connectivity index (χ0) is 15.2. The Balaban J connectivity index is 2.05. The van der Waals surface area contributed by atoms with Crippen LogP contribution in [-0.4, -0.2) is 12.9 Å².